The van der Waals surface area contributed by atoms with Gasteiger partial charge in [0.05, 0.1) is 6.42 Å². The minimum atomic E-state index is -1.40. The smallest absolute Gasteiger partial charge is 0.329 e. The van der Waals surface area contributed by atoms with E-state index in [1.807, 2.05) is 6.07 Å². The van der Waals surface area contributed by atoms with E-state index >= 15 is 0 Å². The van der Waals surface area contributed by atoms with Crippen molar-refractivity contribution in [2.75, 3.05) is 18.1 Å². The van der Waals surface area contributed by atoms with Crippen LogP contribution in [0.25, 0.3) is 10.8 Å². The highest BCUT2D eigenvalue weighted by Crippen LogP contribution is 2.20. The number of urea groups is 1. The Balaban J connectivity index is 0.000000364. The molecule has 0 fully saturated rings. The van der Waals surface area contributed by atoms with Gasteiger partial charge in [-0.05, 0) is 35.9 Å². The molecule has 0 radical (unpaired) electrons. The van der Waals surface area contributed by atoms with E-state index in [9.17, 15) is 24.0 Å². The van der Waals surface area contributed by atoms with E-state index in [4.69, 9.17) is 5.11 Å². The molecule has 208 valence electrons. The molecule has 0 saturated heterocycles. The van der Waals surface area contributed by atoms with Gasteiger partial charge in [0.15, 0.2) is 12.4 Å². The van der Waals surface area contributed by atoms with Gasteiger partial charge in [-0.2, -0.15) is 0 Å². The summed E-state index contributed by atoms with van der Waals surface area (Å²) in [5, 5.41) is 14.0. The van der Waals surface area contributed by atoms with Crippen molar-refractivity contribution in [1.82, 2.24) is 10.2 Å². The number of ketones is 1. The fourth-order valence-electron chi connectivity index (χ4n) is 3.91. The van der Waals surface area contributed by atoms with E-state index in [1.165, 1.54) is 33.7 Å². The Morgan fingerprint density at radius 1 is 0.925 bits per heavy atom. The number of para-hydroxylation sites is 1. The summed E-state index contributed by atoms with van der Waals surface area (Å²) < 4.78 is 4.59. The highest BCUT2D eigenvalue weighted by Gasteiger charge is 2.33. The summed E-state index contributed by atoms with van der Waals surface area (Å²) in [6.45, 7) is 2.23. The number of rotatable bonds is 9. The van der Waals surface area contributed by atoms with Crippen molar-refractivity contribution in [3.05, 3.63) is 91.1 Å². The second kappa shape index (κ2) is 14.2. The molecule has 3 aromatic carbocycles. The van der Waals surface area contributed by atoms with Crippen molar-refractivity contribution in [3.8, 4) is 0 Å². The van der Waals surface area contributed by atoms with Gasteiger partial charge in [-0.1, -0.05) is 66.7 Å². The number of esters is 1. The Kier molecular flexibility index (Phi) is 10.5. The van der Waals surface area contributed by atoms with Crippen LogP contribution < -0.4 is 10.2 Å². The second-order valence-electron chi connectivity index (χ2n) is 8.95. The van der Waals surface area contributed by atoms with Crippen molar-refractivity contribution in [3.63, 3.8) is 0 Å². The zero-order valence-corrected chi connectivity index (χ0v) is 22.2. The number of carbonyl (C=O) groups is 5. The van der Waals surface area contributed by atoms with Gasteiger partial charge in [0, 0.05) is 25.4 Å². The summed E-state index contributed by atoms with van der Waals surface area (Å²) in [5.74, 6) is -3.50. The normalized spacial score (nSPS) is 14.0. The van der Waals surface area contributed by atoms with Crippen LogP contribution >= 0.6 is 0 Å². The van der Waals surface area contributed by atoms with E-state index in [1.54, 1.807) is 30.3 Å². The lowest BCUT2D eigenvalue weighted by molar-refractivity contribution is -0.147. The molecule has 40 heavy (non-hydrogen) atoms. The van der Waals surface area contributed by atoms with Crippen LogP contribution in [-0.2, 0) is 23.9 Å². The second-order valence-corrected chi connectivity index (χ2v) is 8.95. The molecule has 0 aliphatic carbocycles. The SMILES string of the molecule is CC(=O)OCC(=O)C(CC(=O)O)NC(=O)C(C)N1C=CCN(c2ccccc2)C1=O.c1ccc2ccccc2c1. The van der Waals surface area contributed by atoms with E-state index < -0.39 is 54.8 Å². The summed E-state index contributed by atoms with van der Waals surface area (Å²) in [5.41, 5.74) is 0.657. The first-order chi connectivity index (χ1) is 19.2. The Labute approximate surface area is 231 Å². The van der Waals surface area contributed by atoms with E-state index in [2.05, 4.69) is 58.6 Å². The first-order valence-corrected chi connectivity index (χ1v) is 12.6. The van der Waals surface area contributed by atoms with Gasteiger partial charge < -0.3 is 15.2 Å². The maximum absolute atomic E-state index is 12.8. The first-order valence-electron chi connectivity index (χ1n) is 12.6. The van der Waals surface area contributed by atoms with E-state index in [-0.39, 0.29) is 0 Å². The quantitative estimate of drug-likeness (QED) is 0.391. The van der Waals surface area contributed by atoms with Gasteiger partial charge >= 0.3 is 18.0 Å². The monoisotopic (exact) mass is 545 g/mol. The topological polar surface area (TPSA) is 133 Å². The van der Waals surface area contributed by atoms with Gasteiger partial charge in [0.25, 0.3) is 0 Å². The van der Waals surface area contributed by atoms with Crippen LogP contribution in [0.5, 0.6) is 0 Å². The summed E-state index contributed by atoms with van der Waals surface area (Å²) in [4.78, 5) is 62.3. The molecule has 0 saturated carbocycles. The lowest BCUT2D eigenvalue weighted by Gasteiger charge is -2.34. The molecule has 10 nitrogen and oxygen atoms in total. The number of nitrogens with one attached hydrogen (secondary N) is 1. The number of ether oxygens (including phenoxy) is 1. The molecule has 0 spiro atoms. The van der Waals surface area contributed by atoms with Gasteiger partial charge in [0.2, 0.25) is 5.91 Å². The molecule has 2 unspecified atom stereocenters. The lowest BCUT2D eigenvalue weighted by atomic mass is 10.1. The highest BCUT2D eigenvalue weighted by atomic mass is 16.5. The predicted molar refractivity (Wildman–Crippen MR) is 149 cm³/mol. The fraction of sp³-hybridized carbons (Fsp3) is 0.233. The van der Waals surface area contributed by atoms with E-state index in [0.717, 1.165) is 6.92 Å². The molecule has 3 amide bonds. The third-order valence-corrected chi connectivity index (χ3v) is 6.03. The molecule has 2 atom stereocenters. The Bertz CT molecular complexity index is 1320. The maximum Gasteiger partial charge on any atom is 0.329 e. The van der Waals surface area contributed by atoms with Gasteiger partial charge in [-0.25, -0.2) is 4.79 Å². The molecular formula is C30H31N3O7. The molecule has 4 rings (SSSR count). The van der Waals surface area contributed by atoms with Crippen LogP contribution in [-0.4, -0.2) is 64.9 Å². The van der Waals surface area contributed by atoms with Crippen molar-refractivity contribution in [1.29, 1.82) is 0 Å². The van der Waals surface area contributed by atoms with Crippen molar-refractivity contribution >= 4 is 46.1 Å². The highest BCUT2D eigenvalue weighted by molar-refractivity contribution is 5.99. The van der Waals surface area contributed by atoms with Gasteiger partial charge in [-0.3, -0.25) is 29.0 Å². The van der Waals surface area contributed by atoms with Gasteiger partial charge in [-0.15, -0.1) is 0 Å². The number of Topliss-reactive ketones (excluding diaryl/α,β-unsaturated/α-hetero) is 1. The molecule has 1 aliphatic heterocycles. The third-order valence-electron chi connectivity index (χ3n) is 6.03. The fourth-order valence-corrected chi connectivity index (χ4v) is 3.91. The predicted octanol–water partition coefficient (Wildman–Crippen LogP) is 3.76. The average molecular weight is 546 g/mol. The Morgan fingerprint density at radius 2 is 1.48 bits per heavy atom. The molecule has 0 bridgehead atoms. The number of carbonyl (C=O) groups excluding carboxylic acids is 4. The minimum absolute atomic E-state index is 0.330. The number of nitrogens with zero attached hydrogens (tertiary/aromatic N) is 2. The lowest BCUT2D eigenvalue weighted by Crippen LogP contribution is -2.55. The summed E-state index contributed by atoms with van der Waals surface area (Å²) in [6.07, 6.45) is 2.50. The molecule has 2 N–H and O–H groups in total. The average Bonchev–Trinajstić information content (AvgIpc) is 2.96. The van der Waals surface area contributed by atoms with Crippen LogP contribution in [0, 0.1) is 0 Å². The molecule has 3 aromatic rings. The zero-order valence-electron chi connectivity index (χ0n) is 22.2. The molecule has 1 heterocycles. The van der Waals surface area contributed by atoms with Gasteiger partial charge in [0.1, 0.15) is 12.1 Å². The number of carboxylic acid groups (broad SMARTS) is 1. The van der Waals surface area contributed by atoms with Crippen LogP contribution in [0.1, 0.15) is 20.3 Å². The van der Waals surface area contributed by atoms with Crippen LogP contribution in [0.2, 0.25) is 0 Å². The summed E-state index contributed by atoms with van der Waals surface area (Å²) in [6, 6.07) is 22.8. The number of benzene rings is 3. The zero-order chi connectivity index (χ0) is 29.1. The molecule has 10 heteroatoms. The Morgan fingerprint density at radius 3 is 2.00 bits per heavy atom. The number of hydrogen-bond donors (Lipinski definition) is 2. The van der Waals surface area contributed by atoms with Crippen LogP contribution in [0.4, 0.5) is 10.5 Å². The molecule has 1 aliphatic rings. The number of fused-ring (bicyclic) bond motifs is 1. The third kappa shape index (κ3) is 8.26. The standard InChI is InChI=1S/C20H23N3O7.C10H8/c1-13(19(28)21-16(11-18(26)27)17(25)12-30-14(2)24)22-9-6-10-23(20(22)29)15-7-4-3-5-8-15;1-2-6-10-8-4-3-7-9(10)5-1/h3-9,13,16H,10-12H2,1-2H3,(H,21,28)(H,26,27);1-8H. The summed E-state index contributed by atoms with van der Waals surface area (Å²) >= 11 is 0. The van der Waals surface area contributed by atoms with E-state index in [0.29, 0.717) is 12.2 Å². The largest absolute Gasteiger partial charge is 0.481 e. The number of hydrogen-bond acceptors (Lipinski definition) is 6. The van der Waals surface area contributed by atoms with Crippen LogP contribution in [0.3, 0.4) is 0 Å². The summed E-state index contributed by atoms with van der Waals surface area (Å²) in [7, 11) is 0. The number of carboxylic acids is 1. The minimum Gasteiger partial charge on any atom is -0.481 e. The van der Waals surface area contributed by atoms with Crippen LogP contribution in [0.15, 0.2) is 91.1 Å². The maximum atomic E-state index is 12.8. The van der Waals surface area contributed by atoms with Crippen molar-refractivity contribution < 1.29 is 33.8 Å². The van der Waals surface area contributed by atoms with Crippen molar-refractivity contribution in [2.45, 2.75) is 32.4 Å². The number of anilines is 1. The molecule has 0 aromatic heterocycles. The first kappa shape index (κ1) is 29.6. The van der Waals surface area contributed by atoms with Crippen molar-refractivity contribution in [2.24, 2.45) is 0 Å². The molecular weight excluding hydrogens is 514 g/mol. The number of aliphatic carboxylic acids is 1. The number of amides is 3. The Hall–Kier alpha value is -4.99.